The summed E-state index contributed by atoms with van der Waals surface area (Å²) in [7, 11) is 0. The zero-order valence-corrected chi connectivity index (χ0v) is 36.8. The number of benzene rings is 9. The number of hydrogen-bond donors (Lipinski definition) is 0. The van der Waals surface area contributed by atoms with Gasteiger partial charge in [0.1, 0.15) is 0 Å². The molecule has 10 rings (SSSR count). The average molecular weight is 813 g/mol. The van der Waals surface area contributed by atoms with Gasteiger partial charge in [0.25, 0.3) is 0 Å². The average Bonchev–Trinajstić information content (AvgIpc) is 3.55. The van der Waals surface area contributed by atoms with Crippen LogP contribution in [-0.2, 0) is 11.8 Å². The number of fused-ring (bicyclic) bond motifs is 3. The summed E-state index contributed by atoms with van der Waals surface area (Å²) < 4.78 is 0. The molecule has 0 unspecified atom stereocenters. The second-order valence-corrected chi connectivity index (χ2v) is 17.5. The molecule has 2 heteroatoms. The Morgan fingerprint density at radius 1 is 0.333 bits per heavy atom. The van der Waals surface area contributed by atoms with Crippen molar-refractivity contribution in [3.8, 4) is 44.5 Å². The van der Waals surface area contributed by atoms with Crippen LogP contribution < -0.4 is 9.80 Å². The maximum atomic E-state index is 2.45. The van der Waals surface area contributed by atoms with Gasteiger partial charge < -0.3 is 9.80 Å². The van der Waals surface area contributed by atoms with E-state index in [2.05, 4.69) is 257 Å². The van der Waals surface area contributed by atoms with Crippen LogP contribution in [0.2, 0.25) is 0 Å². The Bertz CT molecular complexity index is 3070. The molecule has 63 heavy (non-hydrogen) atoms. The van der Waals surface area contributed by atoms with Gasteiger partial charge in [-0.05, 0) is 165 Å². The minimum Gasteiger partial charge on any atom is -0.310 e. The van der Waals surface area contributed by atoms with E-state index in [1.807, 2.05) is 0 Å². The minimum atomic E-state index is -0.124. The maximum Gasteiger partial charge on any atom is 0.0488 e. The molecular formula is C61H52N2. The molecule has 0 saturated heterocycles. The first-order valence-electron chi connectivity index (χ1n) is 22.2. The van der Waals surface area contributed by atoms with Crippen LogP contribution in [0.1, 0.15) is 48.6 Å². The Kier molecular flexibility index (Phi) is 10.4. The summed E-state index contributed by atoms with van der Waals surface area (Å²) in [6, 6.07) is 78.4. The zero-order valence-electron chi connectivity index (χ0n) is 36.8. The lowest BCUT2D eigenvalue weighted by atomic mass is 9.81. The topological polar surface area (TPSA) is 6.48 Å². The first-order chi connectivity index (χ1) is 30.7. The molecule has 0 N–H and O–H groups in total. The van der Waals surface area contributed by atoms with Crippen molar-refractivity contribution >= 4 is 34.1 Å². The maximum absolute atomic E-state index is 2.45. The summed E-state index contributed by atoms with van der Waals surface area (Å²) in [5, 5.41) is 0. The van der Waals surface area contributed by atoms with Crippen LogP contribution in [0.5, 0.6) is 0 Å². The summed E-state index contributed by atoms with van der Waals surface area (Å²) in [6.45, 7) is 11.4. The predicted octanol–water partition coefficient (Wildman–Crippen LogP) is 17.1. The van der Waals surface area contributed by atoms with Crippen molar-refractivity contribution in [3.05, 3.63) is 240 Å². The minimum absolute atomic E-state index is 0.124. The van der Waals surface area contributed by atoms with Gasteiger partial charge in [-0.25, -0.2) is 0 Å². The van der Waals surface area contributed by atoms with Crippen molar-refractivity contribution in [1.29, 1.82) is 0 Å². The Morgan fingerprint density at radius 3 is 1.44 bits per heavy atom. The van der Waals surface area contributed by atoms with Gasteiger partial charge in [-0.15, -0.1) is 0 Å². The van der Waals surface area contributed by atoms with Gasteiger partial charge in [-0.2, -0.15) is 0 Å². The fraction of sp³-hybridized carbons (Fsp3) is 0.115. The molecule has 0 spiro atoms. The molecule has 0 radical (unpaired) electrons. The quantitative estimate of drug-likeness (QED) is 0.136. The first-order valence-corrected chi connectivity index (χ1v) is 22.2. The first kappa shape index (κ1) is 39.7. The third-order valence-electron chi connectivity index (χ3n) is 12.8. The summed E-state index contributed by atoms with van der Waals surface area (Å²) in [5.41, 5.74) is 22.8. The second-order valence-electron chi connectivity index (χ2n) is 17.5. The highest BCUT2D eigenvalue weighted by molar-refractivity contribution is 5.90. The van der Waals surface area contributed by atoms with E-state index in [9.17, 15) is 0 Å². The van der Waals surface area contributed by atoms with Gasteiger partial charge in [-0.3, -0.25) is 0 Å². The molecular weight excluding hydrogens is 761 g/mol. The van der Waals surface area contributed by atoms with Crippen LogP contribution in [0.25, 0.3) is 44.5 Å². The van der Waals surface area contributed by atoms with Gasteiger partial charge >= 0.3 is 0 Å². The fourth-order valence-corrected chi connectivity index (χ4v) is 9.61. The number of rotatable bonds is 10. The van der Waals surface area contributed by atoms with Crippen molar-refractivity contribution in [3.63, 3.8) is 0 Å². The molecule has 2 nitrogen and oxygen atoms in total. The van der Waals surface area contributed by atoms with Crippen LogP contribution >= 0.6 is 0 Å². The number of nitrogens with zero attached hydrogens (tertiary/aromatic N) is 2. The van der Waals surface area contributed by atoms with Crippen molar-refractivity contribution in [1.82, 2.24) is 0 Å². The molecule has 9 aromatic rings. The molecule has 0 bridgehead atoms. The van der Waals surface area contributed by atoms with E-state index in [4.69, 9.17) is 0 Å². The van der Waals surface area contributed by atoms with E-state index < -0.39 is 0 Å². The Hall–Kier alpha value is -7.42. The standard InChI is InChI=1S/C61H52N2/c1-6-44-34-43(3)36-54(37-44)63(52-31-26-48(27-32-52)46-19-11-8-12-20-46)56-39-50(49-28-33-58-57-22-13-14-23-59(57)61(4,5)60(58)40-49)38-55(41-56)62(53-21-15-16-42(2)35-53)51-29-24-47(25-30-51)45-17-9-7-10-18-45/h7-41H,6H2,1-5H3. The molecule has 0 atom stereocenters. The van der Waals surface area contributed by atoms with E-state index in [-0.39, 0.29) is 5.41 Å². The van der Waals surface area contributed by atoms with Gasteiger partial charge in [-0.1, -0.05) is 160 Å². The molecule has 0 aliphatic heterocycles. The molecule has 0 heterocycles. The molecule has 0 amide bonds. The van der Waals surface area contributed by atoms with Gasteiger partial charge in [0.15, 0.2) is 0 Å². The Morgan fingerprint density at radius 2 is 0.841 bits per heavy atom. The van der Waals surface area contributed by atoms with E-state index in [0.29, 0.717) is 0 Å². The van der Waals surface area contributed by atoms with Gasteiger partial charge in [0.05, 0.1) is 0 Å². The molecule has 0 fully saturated rings. The van der Waals surface area contributed by atoms with E-state index >= 15 is 0 Å². The van der Waals surface area contributed by atoms with E-state index in [0.717, 1.165) is 46.1 Å². The molecule has 1 aliphatic carbocycles. The lowest BCUT2D eigenvalue weighted by molar-refractivity contribution is 0.660. The highest BCUT2D eigenvalue weighted by Gasteiger charge is 2.35. The molecule has 9 aromatic carbocycles. The molecule has 306 valence electrons. The fourth-order valence-electron chi connectivity index (χ4n) is 9.61. The van der Waals surface area contributed by atoms with Crippen LogP contribution in [0.15, 0.2) is 212 Å². The summed E-state index contributed by atoms with van der Waals surface area (Å²) in [6.07, 6.45) is 0.953. The second kappa shape index (κ2) is 16.5. The molecule has 1 aliphatic rings. The molecule has 0 aromatic heterocycles. The monoisotopic (exact) mass is 812 g/mol. The van der Waals surface area contributed by atoms with Crippen LogP contribution in [-0.4, -0.2) is 0 Å². The molecule has 0 saturated carbocycles. The number of hydrogen-bond acceptors (Lipinski definition) is 2. The van der Waals surface area contributed by atoms with Crippen molar-refractivity contribution < 1.29 is 0 Å². The third kappa shape index (κ3) is 7.64. The normalized spacial score (nSPS) is 12.4. The van der Waals surface area contributed by atoms with Crippen molar-refractivity contribution in [2.45, 2.75) is 46.5 Å². The summed E-state index contributed by atoms with van der Waals surface area (Å²) >= 11 is 0. The largest absolute Gasteiger partial charge is 0.310 e. The highest BCUT2D eigenvalue weighted by Crippen LogP contribution is 2.51. The van der Waals surface area contributed by atoms with E-state index in [1.54, 1.807) is 0 Å². The number of anilines is 6. The summed E-state index contributed by atoms with van der Waals surface area (Å²) in [5.74, 6) is 0. The Balaban J connectivity index is 1.21. The Labute approximate surface area is 373 Å². The van der Waals surface area contributed by atoms with Crippen LogP contribution in [0.4, 0.5) is 34.1 Å². The van der Waals surface area contributed by atoms with Gasteiger partial charge in [0, 0.05) is 39.5 Å². The van der Waals surface area contributed by atoms with E-state index in [1.165, 1.54) is 66.8 Å². The lowest BCUT2D eigenvalue weighted by Crippen LogP contribution is -2.15. The SMILES string of the molecule is CCc1cc(C)cc(N(c2ccc(-c3ccccc3)cc2)c2cc(-c3ccc4c(c3)C(C)(C)c3ccccc3-4)cc(N(c3ccc(-c4ccccc4)cc3)c3cccc(C)c3)c2)c1. The van der Waals surface area contributed by atoms with Crippen molar-refractivity contribution in [2.75, 3.05) is 9.80 Å². The predicted molar refractivity (Wildman–Crippen MR) is 269 cm³/mol. The summed E-state index contributed by atoms with van der Waals surface area (Å²) in [4.78, 5) is 4.88. The smallest absolute Gasteiger partial charge is 0.0488 e. The van der Waals surface area contributed by atoms with Gasteiger partial charge in [0.2, 0.25) is 0 Å². The van der Waals surface area contributed by atoms with Crippen LogP contribution in [0, 0.1) is 13.8 Å². The third-order valence-corrected chi connectivity index (χ3v) is 12.8. The number of aryl methyl sites for hydroxylation is 3. The highest BCUT2D eigenvalue weighted by atomic mass is 15.2. The van der Waals surface area contributed by atoms with Crippen LogP contribution in [0.3, 0.4) is 0 Å². The van der Waals surface area contributed by atoms with Crippen molar-refractivity contribution in [2.24, 2.45) is 0 Å². The zero-order chi connectivity index (χ0) is 43.1. The lowest BCUT2D eigenvalue weighted by Gasteiger charge is -2.31.